The molecule has 3 aromatic carbocycles. The third-order valence-electron chi connectivity index (χ3n) is 4.73. The van der Waals surface area contributed by atoms with Gasteiger partial charge in [-0.3, -0.25) is 9.59 Å². The summed E-state index contributed by atoms with van der Waals surface area (Å²) in [6.07, 6.45) is -2.69. The summed E-state index contributed by atoms with van der Waals surface area (Å²) in [5.74, 6) is -1.11. The van der Waals surface area contributed by atoms with Gasteiger partial charge in [0.15, 0.2) is 6.10 Å². The first-order chi connectivity index (χ1) is 15.4. The molecule has 0 aliphatic carbocycles. The number of hydrogen-bond donors (Lipinski definition) is 5. The van der Waals surface area contributed by atoms with E-state index in [-0.39, 0.29) is 6.54 Å². The molecule has 0 radical (unpaired) electrons. The SMILES string of the molecule is O=C(O)NCc1ccc(NC(=O)[C@H](O)[C@@H](NC(=O)c2ccccc2)c2ccccc2)cc1. The Labute approximate surface area is 184 Å². The van der Waals surface area contributed by atoms with E-state index in [1.165, 1.54) is 0 Å². The number of hydrogen-bond acceptors (Lipinski definition) is 4. The van der Waals surface area contributed by atoms with Crippen LogP contribution in [-0.2, 0) is 11.3 Å². The van der Waals surface area contributed by atoms with Crippen molar-refractivity contribution in [3.05, 3.63) is 102 Å². The second-order valence-electron chi connectivity index (χ2n) is 7.02. The monoisotopic (exact) mass is 433 g/mol. The molecule has 3 aromatic rings. The molecule has 32 heavy (non-hydrogen) atoms. The zero-order valence-corrected chi connectivity index (χ0v) is 17.1. The number of aliphatic hydroxyl groups is 1. The minimum Gasteiger partial charge on any atom is -0.465 e. The van der Waals surface area contributed by atoms with Crippen LogP contribution in [0.1, 0.15) is 27.5 Å². The second-order valence-corrected chi connectivity index (χ2v) is 7.02. The van der Waals surface area contributed by atoms with Crippen molar-refractivity contribution in [3.63, 3.8) is 0 Å². The standard InChI is InChI=1S/C24H23N3O5/c28-21(23(30)26-19-13-11-16(12-14-19)15-25-24(31)32)20(17-7-3-1-4-8-17)27-22(29)18-9-5-2-6-10-18/h1-14,20-21,25,28H,15H2,(H,26,30)(H,27,29)(H,31,32)/t20-,21+/m0/s1. The molecule has 8 heteroatoms. The molecular weight excluding hydrogens is 410 g/mol. The highest BCUT2D eigenvalue weighted by Gasteiger charge is 2.29. The third-order valence-corrected chi connectivity index (χ3v) is 4.73. The lowest BCUT2D eigenvalue weighted by Crippen LogP contribution is -2.42. The van der Waals surface area contributed by atoms with E-state index in [2.05, 4.69) is 16.0 Å². The molecule has 3 amide bonds. The largest absolute Gasteiger partial charge is 0.465 e. The predicted octanol–water partition coefficient (Wildman–Crippen LogP) is 2.92. The summed E-state index contributed by atoms with van der Waals surface area (Å²) in [5.41, 5.74) is 2.12. The topological polar surface area (TPSA) is 128 Å². The molecule has 8 nitrogen and oxygen atoms in total. The number of nitrogens with one attached hydrogen (secondary N) is 3. The highest BCUT2D eigenvalue weighted by Crippen LogP contribution is 2.20. The average Bonchev–Trinajstić information content (AvgIpc) is 2.82. The Kier molecular flexibility index (Phi) is 7.55. The van der Waals surface area contributed by atoms with Gasteiger partial charge in [0.2, 0.25) is 0 Å². The van der Waals surface area contributed by atoms with Crippen molar-refractivity contribution < 1.29 is 24.6 Å². The number of aliphatic hydroxyl groups excluding tert-OH is 1. The van der Waals surface area contributed by atoms with Gasteiger partial charge in [0.05, 0.1) is 6.04 Å². The van der Waals surface area contributed by atoms with Crippen LogP contribution >= 0.6 is 0 Å². The Morgan fingerprint density at radius 1 is 0.812 bits per heavy atom. The van der Waals surface area contributed by atoms with Crippen LogP contribution in [0.5, 0.6) is 0 Å². The lowest BCUT2D eigenvalue weighted by Gasteiger charge is -2.24. The highest BCUT2D eigenvalue weighted by atomic mass is 16.4. The van der Waals surface area contributed by atoms with E-state index >= 15 is 0 Å². The normalized spacial score (nSPS) is 12.3. The molecule has 164 valence electrons. The molecule has 0 heterocycles. The summed E-state index contributed by atoms with van der Waals surface area (Å²) in [6.45, 7) is 0.133. The molecule has 3 rings (SSSR count). The van der Waals surface area contributed by atoms with Crippen molar-refractivity contribution in [1.29, 1.82) is 0 Å². The zero-order chi connectivity index (χ0) is 22.9. The Morgan fingerprint density at radius 3 is 2.00 bits per heavy atom. The van der Waals surface area contributed by atoms with E-state index in [0.29, 0.717) is 22.4 Å². The van der Waals surface area contributed by atoms with Gasteiger partial charge in [0.25, 0.3) is 11.8 Å². The van der Waals surface area contributed by atoms with Crippen molar-refractivity contribution in [2.45, 2.75) is 18.7 Å². The smallest absolute Gasteiger partial charge is 0.404 e. The maximum absolute atomic E-state index is 12.7. The molecule has 2 atom stereocenters. The van der Waals surface area contributed by atoms with Crippen LogP contribution in [0.3, 0.4) is 0 Å². The second kappa shape index (κ2) is 10.7. The van der Waals surface area contributed by atoms with Crippen molar-refractivity contribution in [2.75, 3.05) is 5.32 Å². The highest BCUT2D eigenvalue weighted by molar-refractivity contribution is 5.97. The van der Waals surface area contributed by atoms with E-state index in [1.54, 1.807) is 84.9 Å². The molecule has 0 saturated carbocycles. The number of carbonyl (C=O) groups is 3. The van der Waals surface area contributed by atoms with Crippen molar-refractivity contribution in [1.82, 2.24) is 10.6 Å². The van der Waals surface area contributed by atoms with Gasteiger partial charge in [-0.1, -0.05) is 60.7 Å². The van der Waals surface area contributed by atoms with E-state index in [1.807, 2.05) is 0 Å². The lowest BCUT2D eigenvalue weighted by atomic mass is 10.00. The van der Waals surface area contributed by atoms with Gasteiger partial charge >= 0.3 is 6.09 Å². The van der Waals surface area contributed by atoms with Gasteiger partial charge in [0, 0.05) is 17.8 Å². The van der Waals surface area contributed by atoms with E-state index in [9.17, 15) is 19.5 Å². The average molecular weight is 433 g/mol. The zero-order valence-electron chi connectivity index (χ0n) is 17.1. The molecule has 0 unspecified atom stereocenters. The molecule has 0 spiro atoms. The predicted molar refractivity (Wildman–Crippen MR) is 119 cm³/mol. The summed E-state index contributed by atoms with van der Waals surface area (Å²) >= 11 is 0. The minimum atomic E-state index is -1.56. The molecular formula is C24H23N3O5. The quantitative estimate of drug-likeness (QED) is 0.373. The fraction of sp³-hybridized carbons (Fsp3) is 0.125. The number of amides is 3. The molecule has 0 aliphatic heterocycles. The number of carboxylic acid groups (broad SMARTS) is 1. The number of carbonyl (C=O) groups excluding carboxylic acids is 2. The molecule has 0 saturated heterocycles. The Balaban J connectivity index is 1.72. The van der Waals surface area contributed by atoms with Gasteiger partial charge in [-0.05, 0) is 35.4 Å². The van der Waals surface area contributed by atoms with Gasteiger partial charge in [-0.2, -0.15) is 0 Å². The molecule has 0 fully saturated rings. The van der Waals surface area contributed by atoms with Crippen LogP contribution in [0.4, 0.5) is 10.5 Å². The maximum Gasteiger partial charge on any atom is 0.404 e. The summed E-state index contributed by atoms with van der Waals surface area (Å²) in [6, 6.07) is 22.8. The fourth-order valence-corrected chi connectivity index (χ4v) is 3.07. The Morgan fingerprint density at radius 2 is 1.41 bits per heavy atom. The fourth-order valence-electron chi connectivity index (χ4n) is 3.07. The van der Waals surface area contributed by atoms with Gasteiger partial charge < -0.3 is 26.2 Å². The summed E-state index contributed by atoms with van der Waals surface area (Å²) in [7, 11) is 0. The first kappa shape index (κ1) is 22.5. The van der Waals surface area contributed by atoms with E-state index < -0.39 is 30.1 Å². The van der Waals surface area contributed by atoms with Gasteiger partial charge in [0.1, 0.15) is 0 Å². The first-order valence-electron chi connectivity index (χ1n) is 9.89. The van der Waals surface area contributed by atoms with Gasteiger partial charge in [-0.15, -0.1) is 0 Å². The summed E-state index contributed by atoms with van der Waals surface area (Å²) < 4.78 is 0. The van der Waals surface area contributed by atoms with E-state index in [4.69, 9.17) is 5.11 Å². The van der Waals surface area contributed by atoms with Crippen LogP contribution in [0.15, 0.2) is 84.9 Å². The van der Waals surface area contributed by atoms with Crippen LogP contribution in [-0.4, -0.2) is 34.2 Å². The van der Waals surface area contributed by atoms with Gasteiger partial charge in [-0.25, -0.2) is 4.79 Å². The summed E-state index contributed by atoms with van der Waals surface area (Å²) in [5, 5.41) is 27.1. The number of rotatable bonds is 8. The van der Waals surface area contributed by atoms with E-state index in [0.717, 1.165) is 0 Å². The van der Waals surface area contributed by atoms with Crippen LogP contribution in [0.2, 0.25) is 0 Å². The number of anilines is 1. The Hall–Kier alpha value is -4.17. The third kappa shape index (κ3) is 6.16. The van der Waals surface area contributed by atoms with Crippen LogP contribution in [0, 0.1) is 0 Å². The number of benzene rings is 3. The summed E-state index contributed by atoms with van der Waals surface area (Å²) in [4.78, 5) is 36.0. The minimum absolute atomic E-state index is 0.133. The molecule has 0 bridgehead atoms. The molecule has 5 N–H and O–H groups in total. The molecule has 0 aromatic heterocycles. The van der Waals surface area contributed by atoms with Crippen molar-refractivity contribution >= 4 is 23.6 Å². The lowest BCUT2D eigenvalue weighted by molar-refractivity contribution is -0.125. The Bertz CT molecular complexity index is 1060. The maximum atomic E-state index is 12.7. The van der Waals surface area contributed by atoms with Crippen molar-refractivity contribution in [3.8, 4) is 0 Å². The first-order valence-corrected chi connectivity index (χ1v) is 9.89. The van der Waals surface area contributed by atoms with Crippen LogP contribution < -0.4 is 16.0 Å². The van der Waals surface area contributed by atoms with Crippen molar-refractivity contribution in [2.24, 2.45) is 0 Å². The van der Waals surface area contributed by atoms with Crippen LogP contribution in [0.25, 0.3) is 0 Å². The molecule has 0 aliphatic rings.